The average molecular weight is 339 g/mol. The van der Waals surface area contributed by atoms with Gasteiger partial charge in [-0.25, -0.2) is 0 Å². The molecule has 1 aromatic heterocycles. The third-order valence-electron chi connectivity index (χ3n) is 3.37. The number of nitrogens with one attached hydrogen (secondary N) is 2. The van der Waals surface area contributed by atoms with Gasteiger partial charge in [0.25, 0.3) is 5.91 Å². The first-order valence-corrected chi connectivity index (χ1v) is 7.01. The summed E-state index contributed by atoms with van der Waals surface area (Å²) in [6, 6.07) is 7.08. The maximum Gasteiger partial charge on any atom is 0.308 e. The number of benzene rings is 1. The predicted molar refractivity (Wildman–Crippen MR) is 79.7 cm³/mol. The lowest BCUT2D eigenvalue weighted by Crippen LogP contribution is -2.40. The lowest BCUT2D eigenvalue weighted by Gasteiger charge is -2.17. The van der Waals surface area contributed by atoms with E-state index in [-0.39, 0.29) is 5.91 Å². The van der Waals surface area contributed by atoms with Crippen molar-refractivity contribution >= 4 is 38.7 Å². The molecule has 0 radical (unpaired) electrons. The lowest BCUT2D eigenvalue weighted by atomic mass is 10.0. The van der Waals surface area contributed by atoms with E-state index in [2.05, 4.69) is 26.2 Å². The molecule has 0 spiro atoms. The molecule has 0 saturated carbocycles. The molecule has 3 N–H and O–H groups in total. The summed E-state index contributed by atoms with van der Waals surface area (Å²) in [7, 11) is 0. The van der Waals surface area contributed by atoms with E-state index < -0.39 is 17.9 Å². The number of halogens is 1. The minimum Gasteiger partial charge on any atom is -0.481 e. The fraction of sp³-hybridized carbons (Fsp3) is 0.286. The second-order valence-electron chi connectivity index (χ2n) is 4.75. The Kier molecular flexibility index (Phi) is 4.13. The van der Waals surface area contributed by atoms with E-state index in [1.54, 1.807) is 13.8 Å². The highest BCUT2D eigenvalue weighted by Gasteiger charge is 2.23. The van der Waals surface area contributed by atoms with Crippen molar-refractivity contribution in [2.24, 2.45) is 5.92 Å². The van der Waals surface area contributed by atoms with Gasteiger partial charge in [0.2, 0.25) is 0 Å². The van der Waals surface area contributed by atoms with E-state index in [1.165, 1.54) is 0 Å². The molecule has 2 atom stereocenters. The van der Waals surface area contributed by atoms with Crippen LogP contribution in [0.1, 0.15) is 24.3 Å². The van der Waals surface area contributed by atoms with E-state index in [0.717, 1.165) is 10.9 Å². The maximum atomic E-state index is 12.2. The highest BCUT2D eigenvalue weighted by atomic mass is 79.9. The highest BCUT2D eigenvalue weighted by Crippen LogP contribution is 2.27. The number of aromatic nitrogens is 1. The van der Waals surface area contributed by atoms with Gasteiger partial charge in [0, 0.05) is 16.9 Å². The van der Waals surface area contributed by atoms with Crippen LogP contribution in [0.25, 0.3) is 10.9 Å². The van der Waals surface area contributed by atoms with Gasteiger partial charge in [-0.05, 0) is 35.8 Å². The first-order chi connectivity index (χ1) is 9.41. The summed E-state index contributed by atoms with van der Waals surface area (Å²) in [6.45, 7) is 3.24. The Morgan fingerprint density at radius 2 is 1.95 bits per heavy atom. The molecule has 2 aromatic rings. The Hall–Kier alpha value is -1.82. The lowest BCUT2D eigenvalue weighted by molar-refractivity contribution is -0.141. The van der Waals surface area contributed by atoms with Crippen molar-refractivity contribution < 1.29 is 14.7 Å². The molecule has 2 rings (SSSR count). The molecule has 0 bridgehead atoms. The van der Waals surface area contributed by atoms with E-state index in [0.29, 0.717) is 10.2 Å². The highest BCUT2D eigenvalue weighted by molar-refractivity contribution is 9.10. The first kappa shape index (κ1) is 14.6. The molecule has 1 amide bonds. The van der Waals surface area contributed by atoms with Crippen LogP contribution >= 0.6 is 15.9 Å². The van der Waals surface area contributed by atoms with E-state index >= 15 is 0 Å². The molecule has 1 heterocycles. The zero-order chi connectivity index (χ0) is 14.9. The van der Waals surface area contributed by atoms with Crippen LogP contribution in [0.2, 0.25) is 0 Å². The van der Waals surface area contributed by atoms with Gasteiger partial charge in [0.1, 0.15) is 5.69 Å². The fourth-order valence-electron chi connectivity index (χ4n) is 1.88. The molecule has 0 aliphatic heterocycles. The summed E-state index contributed by atoms with van der Waals surface area (Å²) in [4.78, 5) is 26.1. The molecule has 0 aliphatic carbocycles. The largest absolute Gasteiger partial charge is 0.481 e. The van der Waals surface area contributed by atoms with Gasteiger partial charge >= 0.3 is 5.97 Å². The second-order valence-corrected chi connectivity index (χ2v) is 5.54. The molecule has 20 heavy (non-hydrogen) atoms. The van der Waals surface area contributed by atoms with Crippen LogP contribution in [0.5, 0.6) is 0 Å². The van der Waals surface area contributed by atoms with Crippen molar-refractivity contribution in [1.29, 1.82) is 0 Å². The predicted octanol–water partition coefficient (Wildman–Crippen LogP) is 2.77. The molecule has 106 valence electrons. The van der Waals surface area contributed by atoms with E-state index in [1.807, 2.05) is 24.3 Å². The number of carboxylic acids is 1. The normalized spacial score (nSPS) is 13.9. The number of hydrogen-bond acceptors (Lipinski definition) is 2. The van der Waals surface area contributed by atoms with Crippen molar-refractivity contribution in [1.82, 2.24) is 10.3 Å². The number of H-pyrrole nitrogens is 1. The van der Waals surface area contributed by atoms with Gasteiger partial charge in [0.15, 0.2) is 0 Å². The van der Waals surface area contributed by atoms with Crippen LogP contribution in [-0.4, -0.2) is 28.0 Å². The van der Waals surface area contributed by atoms with Gasteiger partial charge in [-0.15, -0.1) is 0 Å². The van der Waals surface area contributed by atoms with Crippen LogP contribution < -0.4 is 5.32 Å². The number of hydrogen-bond donors (Lipinski definition) is 3. The summed E-state index contributed by atoms with van der Waals surface area (Å²) in [6.07, 6.45) is 0. The maximum absolute atomic E-state index is 12.2. The number of carboxylic acid groups (broad SMARTS) is 1. The minimum absolute atomic E-state index is 0.325. The Labute approximate surface area is 124 Å². The average Bonchev–Trinajstić information content (AvgIpc) is 2.75. The monoisotopic (exact) mass is 338 g/mol. The van der Waals surface area contributed by atoms with Crippen molar-refractivity contribution in [3.8, 4) is 0 Å². The summed E-state index contributed by atoms with van der Waals surface area (Å²) < 4.78 is 0.681. The number of amides is 1. The first-order valence-electron chi connectivity index (χ1n) is 6.21. The number of aromatic amines is 1. The van der Waals surface area contributed by atoms with Crippen molar-refractivity contribution in [2.45, 2.75) is 19.9 Å². The SMILES string of the molecule is CC(NC(=O)c1[nH]c2ccccc2c1Br)C(C)C(=O)O. The van der Waals surface area contributed by atoms with Crippen LogP contribution in [0.3, 0.4) is 0 Å². The minimum atomic E-state index is -0.937. The van der Waals surface area contributed by atoms with Gasteiger partial charge in [-0.2, -0.15) is 0 Å². The van der Waals surface area contributed by atoms with Gasteiger partial charge < -0.3 is 15.4 Å². The van der Waals surface area contributed by atoms with Crippen LogP contribution in [0.4, 0.5) is 0 Å². The Morgan fingerprint density at radius 3 is 2.55 bits per heavy atom. The summed E-state index contributed by atoms with van der Waals surface area (Å²) in [5.74, 6) is -1.91. The van der Waals surface area contributed by atoms with Crippen LogP contribution in [0, 0.1) is 5.92 Å². The number of rotatable bonds is 4. The zero-order valence-corrected chi connectivity index (χ0v) is 12.7. The standard InChI is InChI=1S/C14H15BrN2O3/c1-7(14(19)20)8(2)16-13(18)12-11(15)9-5-3-4-6-10(9)17-12/h3-8,17H,1-2H3,(H,16,18)(H,19,20). The molecule has 6 heteroatoms. The number of fused-ring (bicyclic) bond motifs is 1. The summed E-state index contributed by atoms with van der Waals surface area (Å²) in [5, 5.41) is 12.5. The number of carbonyl (C=O) groups excluding carboxylic acids is 1. The van der Waals surface area contributed by atoms with Crippen LogP contribution in [-0.2, 0) is 4.79 Å². The zero-order valence-electron chi connectivity index (χ0n) is 11.1. The number of carbonyl (C=O) groups is 2. The van der Waals surface area contributed by atoms with Crippen molar-refractivity contribution in [3.63, 3.8) is 0 Å². The van der Waals surface area contributed by atoms with Crippen LogP contribution in [0.15, 0.2) is 28.7 Å². The summed E-state index contributed by atoms with van der Waals surface area (Å²) >= 11 is 3.40. The van der Waals surface area contributed by atoms with Gasteiger partial charge in [-0.3, -0.25) is 9.59 Å². The molecule has 0 aliphatic rings. The third-order valence-corrected chi connectivity index (χ3v) is 4.19. The molecule has 0 fully saturated rings. The van der Waals surface area contributed by atoms with Gasteiger partial charge in [-0.1, -0.05) is 18.2 Å². The quantitative estimate of drug-likeness (QED) is 0.801. The molecular formula is C14H15BrN2O3. The second kappa shape index (κ2) is 5.66. The molecular weight excluding hydrogens is 324 g/mol. The Bertz CT molecular complexity index is 665. The molecule has 0 saturated heterocycles. The Balaban J connectivity index is 2.24. The molecule has 2 unspecified atom stereocenters. The van der Waals surface area contributed by atoms with E-state index in [9.17, 15) is 9.59 Å². The topological polar surface area (TPSA) is 82.2 Å². The summed E-state index contributed by atoms with van der Waals surface area (Å²) in [5.41, 5.74) is 1.25. The fourth-order valence-corrected chi connectivity index (χ4v) is 2.51. The number of aliphatic carboxylic acids is 1. The van der Waals surface area contributed by atoms with E-state index in [4.69, 9.17) is 5.11 Å². The van der Waals surface area contributed by atoms with Gasteiger partial charge in [0.05, 0.1) is 10.4 Å². The third kappa shape index (κ3) is 2.70. The van der Waals surface area contributed by atoms with Crippen molar-refractivity contribution in [3.05, 3.63) is 34.4 Å². The molecule has 1 aromatic carbocycles. The van der Waals surface area contributed by atoms with Crippen molar-refractivity contribution in [2.75, 3.05) is 0 Å². The smallest absolute Gasteiger partial charge is 0.308 e. The molecule has 5 nitrogen and oxygen atoms in total. The number of para-hydroxylation sites is 1. The Morgan fingerprint density at radius 1 is 1.30 bits per heavy atom.